The Bertz CT molecular complexity index is 1100. The zero-order valence-corrected chi connectivity index (χ0v) is 17.0. The molecule has 0 aliphatic heterocycles. The summed E-state index contributed by atoms with van der Waals surface area (Å²) in [5, 5.41) is 13.9. The molecule has 1 fully saturated rings. The van der Waals surface area contributed by atoms with Gasteiger partial charge in [-0.15, -0.1) is 0 Å². The van der Waals surface area contributed by atoms with E-state index in [2.05, 4.69) is 25.8 Å². The number of aromatic nitrogens is 5. The molecule has 11 heteroatoms. The molecule has 0 atom stereocenters. The maximum Gasteiger partial charge on any atom is 0.269 e. The van der Waals surface area contributed by atoms with E-state index in [1.807, 2.05) is 6.92 Å². The van der Waals surface area contributed by atoms with Crippen molar-refractivity contribution in [1.82, 2.24) is 35.0 Å². The van der Waals surface area contributed by atoms with Crippen molar-refractivity contribution in [1.29, 1.82) is 0 Å². The van der Waals surface area contributed by atoms with Crippen LogP contribution in [0.25, 0.3) is 5.65 Å². The highest BCUT2D eigenvalue weighted by Crippen LogP contribution is 2.43. The second-order valence-corrected chi connectivity index (χ2v) is 7.72. The fourth-order valence-electron chi connectivity index (χ4n) is 3.65. The normalized spacial score (nSPS) is 15.6. The molecule has 2 amide bonds. The number of alkyl halides is 2. The Labute approximate surface area is 176 Å². The zero-order chi connectivity index (χ0) is 22.0. The SMILES string of the molecule is CCn1nccc1C(=O)NCc1cn2ncc(CNC(=O)CC3CC(F)(F)C3)cc2n1. The molecular formula is C20H23F2N7O2. The van der Waals surface area contributed by atoms with Crippen LogP contribution in [0.5, 0.6) is 0 Å². The molecular weight excluding hydrogens is 408 g/mol. The summed E-state index contributed by atoms with van der Waals surface area (Å²) in [6.07, 6.45) is 4.56. The van der Waals surface area contributed by atoms with Gasteiger partial charge < -0.3 is 10.6 Å². The molecule has 0 radical (unpaired) electrons. The predicted octanol–water partition coefficient (Wildman–Crippen LogP) is 1.93. The Balaban J connectivity index is 1.30. The number of nitrogens with one attached hydrogen (secondary N) is 2. The van der Waals surface area contributed by atoms with Crippen molar-refractivity contribution in [3.8, 4) is 0 Å². The van der Waals surface area contributed by atoms with Gasteiger partial charge >= 0.3 is 0 Å². The number of hydrogen-bond donors (Lipinski definition) is 2. The number of fused-ring (bicyclic) bond motifs is 1. The van der Waals surface area contributed by atoms with Crippen LogP contribution in [0.1, 0.15) is 47.9 Å². The van der Waals surface area contributed by atoms with Crippen LogP contribution in [0, 0.1) is 5.92 Å². The van der Waals surface area contributed by atoms with Gasteiger partial charge in [0.05, 0.1) is 24.6 Å². The molecule has 2 N–H and O–H groups in total. The van der Waals surface area contributed by atoms with Crippen LogP contribution in [0.15, 0.2) is 30.7 Å². The molecule has 0 aromatic carbocycles. The molecule has 0 bridgehead atoms. The lowest BCUT2D eigenvalue weighted by Crippen LogP contribution is -2.38. The van der Waals surface area contributed by atoms with E-state index in [0.717, 1.165) is 5.56 Å². The van der Waals surface area contributed by atoms with E-state index in [1.165, 1.54) is 0 Å². The summed E-state index contributed by atoms with van der Waals surface area (Å²) in [6, 6.07) is 3.43. The fraction of sp³-hybridized carbons (Fsp3) is 0.450. The second-order valence-electron chi connectivity index (χ2n) is 7.72. The molecule has 0 spiro atoms. The van der Waals surface area contributed by atoms with Crippen molar-refractivity contribution >= 4 is 17.5 Å². The smallest absolute Gasteiger partial charge is 0.269 e. The first kappa shape index (κ1) is 20.9. The van der Waals surface area contributed by atoms with Crippen LogP contribution in [-0.2, 0) is 24.4 Å². The molecule has 1 saturated carbocycles. The molecule has 4 rings (SSSR count). The molecule has 3 aromatic heterocycles. The first-order valence-corrected chi connectivity index (χ1v) is 10.1. The molecule has 1 aliphatic rings. The molecule has 164 valence electrons. The molecule has 9 nitrogen and oxygen atoms in total. The van der Waals surface area contributed by atoms with Crippen molar-refractivity contribution in [3.05, 3.63) is 47.7 Å². The van der Waals surface area contributed by atoms with Crippen LogP contribution >= 0.6 is 0 Å². The highest BCUT2D eigenvalue weighted by atomic mass is 19.3. The average molecular weight is 431 g/mol. The van der Waals surface area contributed by atoms with E-state index < -0.39 is 5.92 Å². The van der Waals surface area contributed by atoms with Gasteiger partial charge in [0.15, 0.2) is 5.65 Å². The number of nitrogens with zero attached hydrogens (tertiary/aromatic N) is 5. The minimum atomic E-state index is -2.62. The summed E-state index contributed by atoms with van der Waals surface area (Å²) in [7, 11) is 0. The van der Waals surface area contributed by atoms with Crippen molar-refractivity contribution in [2.24, 2.45) is 5.92 Å². The fourth-order valence-corrected chi connectivity index (χ4v) is 3.65. The number of hydrogen-bond acceptors (Lipinski definition) is 5. The third-order valence-corrected chi connectivity index (χ3v) is 5.24. The van der Waals surface area contributed by atoms with E-state index in [-0.39, 0.29) is 50.1 Å². The van der Waals surface area contributed by atoms with Gasteiger partial charge in [0.1, 0.15) is 5.69 Å². The molecule has 31 heavy (non-hydrogen) atoms. The molecule has 1 aliphatic carbocycles. The van der Waals surface area contributed by atoms with Gasteiger partial charge in [0.25, 0.3) is 5.91 Å². The first-order valence-electron chi connectivity index (χ1n) is 10.1. The van der Waals surface area contributed by atoms with Crippen molar-refractivity contribution in [2.75, 3.05) is 0 Å². The Morgan fingerprint density at radius 2 is 2.03 bits per heavy atom. The Hall–Kier alpha value is -3.37. The molecule has 3 aromatic rings. The zero-order valence-electron chi connectivity index (χ0n) is 17.0. The van der Waals surface area contributed by atoms with Crippen molar-refractivity contribution < 1.29 is 18.4 Å². The van der Waals surface area contributed by atoms with E-state index >= 15 is 0 Å². The van der Waals surface area contributed by atoms with Gasteiger partial charge in [-0.2, -0.15) is 10.2 Å². The third kappa shape index (κ3) is 4.86. The van der Waals surface area contributed by atoms with E-state index in [0.29, 0.717) is 23.6 Å². The summed E-state index contributed by atoms with van der Waals surface area (Å²) >= 11 is 0. The van der Waals surface area contributed by atoms with Crippen LogP contribution in [0.2, 0.25) is 0 Å². The van der Waals surface area contributed by atoms with E-state index in [1.54, 1.807) is 39.9 Å². The number of imidazole rings is 1. The van der Waals surface area contributed by atoms with Gasteiger partial charge in [0.2, 0.25) is 11.8 Å². The van der Waals surface area contributed by atoms with Crippen LogP contribution in [0.3, 0.4) is 0 Å². The molecule has 0 unspecified atom stereocenters. The number of halogens is 2. The van der Waals surface area contributed by atoms with Gasteiger partial charge in [0, 0.05) is 38.5 Å². The number of rotatable bonds is 8. The number of amides is 2. The van der Waals surface area contributed by atoms with Crippen LogP contribution in [0.4, 0.5) is 8.78 Å². The van der Waals surface area contributed by atoms with Gasteiger partial charge in [-0.25, -0.2) is 18.3 Å². The number of carbonyl (C=O) groups excluding carboxylic acids is 2. The number of carbonyl (C=O) groups is 2. The highest BCUT2D eigenvalue weighted by Gasteiger charge is 2.45. The Morgan fingerprint density at radius 3 is 2.77 bits per heavy atom. The molecule has 0 saturated heterocycles. The minimum absolute atomic E-state index is 0.107. The first-order chi connectivity index (χ1) is 14.8. The maximum atomic E-state index is 12.9. The van der Waals surface area contributed by atoms with E-state index in [4.69, 9.17) is 0 Å². The summed E-state index contributed by atoms with van der Waals surface area (Å²) in [4.78, 5) is 28.7. The maximum absolute atomic E-state index is 12.9. The largest absolute Gasteiger partial charge is 0.352 e. The lowest BCUT2D eigenvalue weighted by atomic mass is 9.79. The van der Waals surface area contributed by atoms with Crippen LogP contribution in [-0.4, -0.2) is 42.1 Å². The second kappa shape index (κ2) is 8.40. The average Bonchev–Trinajstić information content (AvgIpc) is 3.35. The van der Waals surface area contributed by atoms with Gasteiger partial charge in [-0.1, -0.05) is 0 Å². The topological polar surface area (TPSA) is 106 Å². The van der Waals surface area contributed by atoms with Gasteiger partial charge in [-0.3, -0.25) is 14.3 Å². The third-order valence-electron chi connectivity index (χ3n) is 5.24. The summed E-state index contributed by atoms with van der Waals surface area (Å²) < 4.78 is 28.9. The minimum Gasteiger partial charge on any atom is -0.352 e. The predicted molar refractivity (Wildman–Crippen MR) is 106 cm³/mol. The standard InChI is InChI=1S/C20H23F2N7O2/c1-2-28-16(3-4-25-28)19(31)24-11-15-12-29-17(27-15)5-14(10-26-29)9-23-18(30)6-13-7-20(21,22)8-13/h3-5,10,12-13H,2,6-9,11H2,1H3,(H,23,30)(H,24,31). The van der Waals surface area contributed by atoms with Crippen LogP contribution < -0.4 is 10.6 Å². The molecule has 3 heterocycles. The van der Waals surface area contributed by atoms with Crippen molar-refractivity contribution in [2.45, 2.75) is 51.7 Å². The van der Waals surface area contributed by atoms with Gasteiger partial charge in [-0.05, 0) is 30.5 Å². The van der Waals surface area contributed by atoms with Crippen molar-refractivity contribution in [3.63, 3.8) is 0 Å². The number of aryl methyl sites for hydroxylation is 1. The highest BCUT2D eigenvalue weighted by molar-refractivity contribution is 5.92. The lowest BCUT2D eigenvalue weighted by molar-refractivity contribution is -0.133. The Morgan fingerprint density at radius 1 is 1.23 bits per heavy atom. The summed E-state index contributed by atoms with van der Waals surface area (Å²) in [5.41, 5.74) is 2.43. The van der Waals surface area contributed by atoms with E-state index in [9.17, 15) is 18.4 Å². The Kier molecular flexibility index (Phi) is 5.66. The monoisotopic (exact) mass is 431 g/mol. The summed E-state index contributed by atoms with van der Waals surface area (Å²) in [6.45, 7) is 2.98. The quantitative estimate of drug-likeness (QED) is 0.567. The summed E-state index contributed by atoms with van der Waals surface area (Å²) in [5.74, 6) is -3.36. The lowest BCUT2D eigenvalue weighted by Gasteiger charge is -2.34.